The number of esters is 1. The van der Waals surface area contributed by atoms with Crippen LogP contribution < -0.4 is 0 Å². The molecule has 0 radical (unpaired) electrons. The van der Waals surface area contributed by atoms with E-state index in [9.17, 15) is 22.5 Å². The molecular weight excluding hydrogens is 216 g/mol. The Balaban J connectivity index is 4.79. The lowest BCUT2D eigenvalue weighted by atomic mass is 10.7. The van der Waals surface area contributed by atoms with E-state index in [1.54, 1.807) is 0 Å². The Morgan fingerprint density at radius 3 is 1.92 bits per heavy atom. The largest absolute Gasteiger partial charge is 0.440 e. The van der Waals surface area contributed by atoms with Crippen molar-refractivity contribution in [1.82, 2.24) is 0 Å². The summed E-state index contributed by atoms with van der Waals surface area (Å²) in [6, 6.07) is 0. The highest BCUT2D eigenvalue weighted by atomic mass is 31.2. The van der Waals surface area contributed by atoms with Crippen LogP contribution in [0.3, 0.4) is 0 Å². The number of alkyl halides is 3. The molecule has 0 unspecified atom stereocenters. The van der Waals surface area contributed by atoms with Crippen molar-refractivity contribution in [2.24, 2.45) is 0 Å². The minimum atomic E-state index is -5.52. The fourth-order valence-electron chi connectivity index (χ4n) is 0.483. The van der Waals surface area contributed by atoms with Gasteiger partial charge in [-0.3, -0.25) is 9.36 Å². The molecule has 0 aliphatic heterocycles. The van der Waals surface area contributed by atoms with E-state index in [-0.39, 0.29) is 0 Å². The Kier molecular flexibility index (Phi) is 3.48. The summed E-state index contributed by atoms with van der Waals surface area (Å²) in [7, 11) is -5.52. The summed E-state index contributed by atoms with van der Waals surface area (Å²) in [4.78, 5) is 26.4. The number of carbonyl (C=O) groups is 1. The Labute approximate surface area is 70.7 Å². The molecule has 0 aliphatic rings. The number of rotatable bonds is 2. The summed E-state index contributed by atoms with van der Waals surface area (Å²) >= 11 is 0. The third-order valence-electron chi connectivity index (χ3n) is 0.863. The molecule has 0 heterocycles. The van der Waals surface area contributed by atoms with Gasteiger partial charge in [-0.05, 0) is 0 Å². The third kappa shape index (κ3) is 4.25. The van der Waals surface area contributed by atoms with Crippen LogP contribution in [0.2, 0.25) is 0 Å². The first-order chi connectivity index (χ1) is 5.55. The molecule has 0 saturated heterocycles. The Bertz CT molecular complexity index is 243. The molecule has 9 heteroatoms. The van der Waals surface area contributed by atoms with E-state index in [2.05, 4.69) is 4.74 Å². The highest BCUT2D eigenvalue weighted by molar-refractivity contribution is 7.52. The lowest BCUT2D eigenvalue weighted by Gasteiger charge is -2.20. The predicted octanol–water partition coefficient (Wildman–Crippen LogP) is 0.616. The van der Waals surface area contributed by atoms with Crippen LogP contribution in [0.1, 0.15) is 6.92 Å². The van der Waals surface area contributed by atoms with Crippen molar-refractivity contribution < 1.29 is 37.1 Å². The van der Waals surface area contributed by atoms with Gasteiger partial charge >= 0.3 is 19.7 Å². The van der Waals surface area contributed by atoms with Crippen LogP contribution in [0, 0.1) is 0 Å². The van der Waals surface area contributed by atoms with E-state index in [0.717, 1.165) is 0 Å². The zero-order valence-corrected chi connectivity index (χ0v) is 7.17. The standard InChI is InChI=1S/C4H6F3O5P/c1-2(8)12-3(4(5,6)7)13(9,10)11/h3H,1H3,(H2,9,10,11)/t3-/m1/s1. The lowest BCUT2D eigenvalue weighted by molar-refractivity contribution is -0.201. The van der Waals surface area contributed by atoms with Gasteiger partial charge in [0, 0.05) is 6.92 Å². The molecule has 0 saturated carbocycles. The average Bonchev–Trinajstić information content (AvgIpc) is 1.77. The van der Waals surface area contributed by atoms with Crippen molar-refractivity contribution in [2.45, 2.75) is 18.9 Å². The van der Waals surface area contributed by atoms with Crippen molar-refractivity contribution >= 4 is 13.6 Å². The first-order valence-electron chi connectivity index (χ1n) is 2.84. The quantitative estimate of drug-likeness (QED) is 0.528. The fraction of sp³-hybridized carbons (Fsp3) is 0.750. The smallest absolute Gasteiger partial charge is 0.437 e. The number of halogens is 3. The Hall–Kier alpha value is -0.590. The minimum absolute atomic E-state index is 0.619. The molecule has 0 aromatic heterocycles. The molecule has 0 aromatic rings. The topological polar surface area (TPSA) is 83.8 Å². The van der Waals surface area contributed by atoms with Gasteiger partial charge in [0.2, 0.25) is 0 Å². The molecule has 0 spiro atoms. The van der Waals surface area contributed by atoms with Crippen LogP contribution in [-0.2, 0) is 14.1 Å². The van der Waals surface area contributed by atoms with Gasteiger partial charge in [0.05, 0.1) is 0 Å². The Morgan fingerprint density at radius 1 is 1.46 bits per heavy atom. The molecule has 5 nitrogen and oxygen atoms in total. The average molecular weight is 222 g/mol. The number of hydrogen-bond donors (Lipinski definition) is 2. The molecule has 0 rings (SSSR count). The summed E-state index contributed by atoms with van der Waals surface area (Å²) in [6.45, 7) is 0.619. The van der Waals surface area contributed by atoms with Crippen molar-refractivity contribution in [3.8, 4) is 0 Å². The van der Waals surface area contributed by atoms with Crippen LogP contribution >= 0.6 is 7.60 Å². The Morgan fingerprint density at radius 2 is 1.85 bits per heavy atom. The van der Waals surface area contributed by atoms with Gasteiger partial charge in [0.1, 0.15) is 0 Å². The summed E-state index contributed by atoms with van der Waals surface area (Å²) < 4.78 is 49.1. The summed E-state index contributed by atoms with van der Waals surface area (Å²) in [5.74, 6) is -4.79. The van der Waals surface area contributed by atoms with Gasteiger partial charge in [-0.1, -0.05) is 0 Å². The number of ether oxygens (including phenoxy) is 1. The lowest BCUT2D eigenvalue weighted by Crippen LogP contribution is -2.33. The molecule has 0 aliphatic carbocycles. The van der Waals surface area contributed by atoms with Crippen LogP contribution in [0.25, 0.3) is 0 Å². The highest BCUT2D eigenvalue weighted by Crippen LogP contribution is 2.49. The van der Waals surface area contributed by atoms with Crippen molar-refractivity contribution in [2.75, 3.05) is 0 Å². The van der Waals surface area contributed by atoms with Crippen LogP contribution in [0.15, 0.2) is 0 Å². The van der Waals surface area contributed by atoms with E-state index in [4.69, 9.17) is 9.79 Å². The van der Waals surface area contributed by atoms with Gasteiger partial charge < -0.3 is 14.5 Å². The second-order valence-corrected chi connectivity index (χ2v) is 3.74. The summed E-state index contributed by atoms with van der Waals surface area (Å²) in [5.41, 5.74) is 0. The molecule has 0 fully saturated rings. The molecule has 1 atom stereocenters. The van der Waals surface area contributed by atoms with E-state index in [1.807, 2.05) is 0 Å². The van der Waals surface area contributed by atoms with Crippen molar-refractivity contribution in [1.29, 1.82) is 0 Å². The third-order valence-corrected chi connectivity index (χ3v) is 1.87. The van der Waals surface area contributed by atoms with Crippen molar-refractivity contribution in [3.63, 3.8) is 0 Å². The second kappa shape index (κ2) is 3.65. The van der Waals surface area contributed by atoms with Gasteiger partial charge in [-0.25, -0.2) is 0 Å². The van der Waals surface area contributed by atoms with E-state index < -0.39 is 25.6 Å². The van der Waals surface area contributed by atoms with Gasteiger partial charge in [0.25, 0.3) is 5.85 Å². The normalized spacial score (nSPS) is 15.2. The summed E-state index contributed by atoms with van der Waals surface area (Å²) in [5, 5.41) is 0. The molecular formula is C4H6F3O5P. The molecule has 13 heavy (non-hydrogen) atoms. The maximum atomic E-state index is 11.8. The van der Waals surface area contributed by atoms with E-state index >= 15 is 0 Å². The summed E-state index contributed by atoms with van der Waals surface area (Å²) in [6.07, 6.45) is -5.27. The van der Waals surface area contributed by atoms with Crippen LogP contribution in [-0.4, -0.2) is 27.8 Å². The number of carbonyl (C=O) groups excluding carboxylic acids is 1. The van der Waals surface area contributed by atoms with Crippen LogP contribution in [0.5, 0.6) is 0 Å². The molecule has 78 valence electrons. The zero-order chi connectivity index (χ0) is 10.9. The molecule has 0 aromatic carbocycles. The maximum Gasteiger partial charge on any atom is 0.437 e. The first kappa shape index (κ1) is 12.4. The monoisotopic (exact) mass is 222 g/mol. The maximum absolute atomic E-state index is 11.8. The molecule has 0 bridgehead atoms. The van der Waals surface area contributed by atoms with E-state index in [0.29, 0.717) is 6.92 Å². The van der Waals surface area contributed by atoms with Gasteiger partial charge in [-0.15, -0.1) is 0 Å². The first-order valence-corrected chi connectivity index (χ1v) is 4.52. The van der Waals surface area contributed by atoms with Crippen LogP contribution in [0.4, 0.5) is 13.2 Å². The highest BCUT2D eigenvalue weighted by Gasteiger charge is 2.53. The fourth-order valence-corrected chi connectivity index (χ4v) is 1.15. The molecule has 2 N–H and O–H groups in total. The van der Waals surface area contributed by atoms with Gasteiger partial charge in [-0.2, -0.15) is 13.2 Å². The predicted molar refractivity (Wildman–Crippen MR) is 33.7 cm³/mol. The minimum Gasteiger partial charge on any atom is -0.440 e. The van der Waals surface area contributed by atoms with E-state index in [1.165, 1.54) is 0 Å². The zero-order valence-electron chi connectivity index (χ0n) is 6.28. The molecule has 0 amide bonds. The SMILES string of the molecule is CC(=O)O[C@@H](C(F)(F)F)P(=O)(O)O. The number of hydrogen-bond acceptors (Lipinski definition) is 3. The van der Waals surface area contributed by atoms with Crippen molar-refractivity contribution in [3.05, 3.63) is 0 Å². The second-order valence-electron chi connectivity index (χ2n) is 2.09. The van der Waals surface area contributed by atoms with Gasteiger partial charge in [0.15, 0.2) is 0 Å².